The SMILES string of the molecule is C[C@H](O)COCc1ccccc1F. The summed E-state index contributed by atoms with van der Waals surface area (Å²) in [6.07, 6.45) is -0.508. The summed E-state index contributed by atoms with van der Waals surface area (Å²) in [5, 5.41) is 8.88. The molecule has 0 aliphatic rings. The molecule has 0 unspecified atom stereocenters. The monoisotopic (exact) mass is 184 g/mol. The number of halogens is 1. The Hall–Kier alpha value is -0.930. The number of benzene rings is 1. The molecule has 0 heterocycles. The van der Waals surface area contributed by atoms with Gasteiger partial charge in [-0.05, 0) is 13.0 Å². The molecule has 0 saturated carbocycles. The summed E-state index contributed by atoms with van der Waals surface area (Å²) < 4.78 is 18.0. The van der Waals surface area contributed by atoms with Crippen LogP contribution in [0.25, 0.3) is 0 Å². The lowest BCUT2D eigenvalue weighted by molar-refractivity contribution is 0.0365. The van der Waals surface area contributed by atoms with Crippen LogP contribution in [0, 0.1) is 5.82 Å². The molecule has 13 heavy (non-hydrogen) atoms. The normalized spacial score (nSPS) is 12.8. The zero-order valence-corrected chi connectivity index (χ0v) is 7.53. The van der Waals surface area contributed by atoms with Crippen molar-refractivity contribution in [3.8, 4) is 0 Å². The van der Waals surface area contributed by atoms with Crippen molar-refractivity contribution in [3.05, 3.63) is 35.6 Å². The minimum absolute atomic E-state index is 0.206. The van der Waals surface area contributed by atoms with E-state index in [2.05, 4.69) is 0 Å². The van der Waals surface area contributed by atoms with Crippen molar-refractivity contribution in [1.82, 2.24) is 0 Å². The number of rotatable bonds is 4. The largest absolute Gasteiger partial charge is 0.391 e. The maximum atomic E-state index is 13.0. The van der Waals surface area contributed by atoms with Crippen LogP contribution in [0.1, 0.15) is 12.5 Å². The van der Waals surface area contributed by atoms with Gasteiger partial charge in [-0.1, -0.05) is 18.2 Å². The third kappa shape index (κ3) is 3.53. The van der Waals surface area contributed by atoms with E-state index < -0.39 is 6.10 Å². The van der Waals surface area contributed by atoms with Crippen molar-refractivity contribution >= 4 is 0 Å². The number of hydrogen-bond donors (Lipinski definition) is 1. The van der Waals surface area contributed by atoms with Gasteiger partial charge in [0, 0.05) is 5.56 Å². The van der Waals surface area contributed by atoms with Gasteiger partial charge in [0.05, 0.1) is 19.3 Å². The smallest absolute Gasteiger partial charge is 0.128 e. The van der Waals surface area contributed by atoms with Crippen LogP contribution < -0.4 is 0 Å². The molecule has 1 aromatic carbocycles. The van der Waals surface area contributed by atoms with Gasteiger partial charge >= 0.3 is 0 Å². The minimum atomic E-state index is -0.508. The molecule has 0 aromatic heterocycles. The quantitative estimate of drug-likeness (QED) is 0.772. The minimum Gasteiger partial charge on any atom is -0.391 e. The van der Waals surface area contributed by atoms with Crippen LogP contribution in [0.5, 0.6) is 0 Å². The van der Waals surface area contributed by atoms with Crippen LogP contribution in [0.4, 0.5) is 4.39 Å². The Bertz CT molecular complexity index is 261. The molecule has 0 spiro atoms. The van der Waals surface area contributed by atoms with Crippen LogP contribution >= 0.6 is 0 Å². The number of hydrogen-bond acceptors (Lipinski definition) is 2. The molecule has 1 N–H and O–H groups in total. The van der Waals surface area contributed by atoms with Gasteiger partial charge in [-0.2, -0.15) is 0 Å². The lowest BCUT2D eigenvalue weighted by Crippen LogP contribution is -2.10. The zero-order chi connectivity index (χ0) is 9.68. The molecule has 0 fully saturated rings. The van der Waals surface area contributed by atoms with Crippen LogP contribution in [-0.4, -0.2) is 17.8 Å². The molecule has 72 valence electrons. The summed E-state index contributed by atoms with van der Waals surface area (Å²) in [4.78, 5) is 0. The Labute approximate surface area is 77.0 Å². The Morgan fingerprint density at radius 3 is 2.77 bits per heavy atom. The van der Waals surface area contributed by atoms with Gasteiger partial charge in [0.2, 0.25) is 0 Å². The molecule has 2 nitrogen and oxygen atoms in total. The van der Waals surface area contributed by atoms with Crippen molar-refractivity contribution in [2.75, 3.05) is 6.61 Å². The fourth-order valence-electron chi connectivity index (χ4n) is 0.955. The molecule has 0 aliphatic carbocycles. The van der Waals surface area contributed by atoms with Crippen LogP contribution in [0.15, 0.2) is 24.3 Å². The van der Waals surface area contributed by atoms with Gasteiger partial charge in [-0.25, -0.2) is 4.39 Å². The lowest BCUT2D eigenvalue weighted by atomic mass is 10.2. The predicted molar refractivity (Wildman–Crippen MR) is 47.7 cm³/mol. The van der Waals surface area contributed by atoms with Gasteiger partial charge in [-0.3, -0.25) is 0 Å². The van der Waals surface area contributed by atoms with E-state index >= 15 is 0 Å². The molecular weight excluding hydrogens is 171 g/mol. The highest BCUT2D eigenvalue weighted by Gasteiger charge is 2.01. The molecule has 0 radical (unpaired) electrons. The molecule has 0 saturated heterocycles. The highest BCUT2D eigenvalue weighted by Crippen LogP contribution is 2.07. The van der Waals surface area contributed by atoms with E-state index in [-0.39, 0.29) is 19.0 Å². The van der Waals surface area contributed by atoms with Gasteiger partial charge in [0.1, 0.15) is 5.82 Å². The molecule has 1 aromatic rings. The molecule has 0 bridgehead atoms. The van der Waals surface area contributed by atoms with Crippen LogP contribution in [0.3, 0.4) is 0 Å². The average molecular weight is 184 g/mol. The fraction of sp³-hybridized carbons (Fsp3) is 0.400. The van der Waals surface area contributed by atoms with Crippen LogP contribution in [-0.2, 0) is 11.3 Å². The van der Waals surface area contributed by atoms with Crippen molar-refractivity contribution in [3.63, 3.8) is 0 Å². The number of aliphatic hydroxyl groups is 1. The summed E-state index contributed by atoms with van der Waals surface area (Å²) in [6.45, 7) is 2.06. The van der Waals surface area contributed by atoms with E-state index in [4.69, 9.17) is 9.84 Å². The van der Waals surface area contributed by atoms with Crippen LogP contribution in [0.2, 0.25) is 0 Å². The van der Waals surface area contributed by atoms with Gasteiger partial charge < -0.3 is 9.84 Å². The Kier molecular flexibility index (Phi) is 3.86. The molecule has 3 heteroatoms. The van der Waals surface area contributed by atoms with Crippen molar-refractivity contribution in [2.45, 2.75) is 19.6 Å². The molecule has 1 atom stereocenters. The van der Waals surface area contributed by atoms with E-state index in [1.54, 1.807) is 25.1 Å². The van der Waals surface area contributed by atoms with E-state index in [0.717, 1.165) is 0 Å². The summed E-state index contributed by atoms with van der Waals surface area (Å²) >= 11 is 0. The first-order valence-electron chi connectivity index (χ1n) is 4.19. The average Bonchev–Trinajstić information content (AvgIpc) is 2.08. The zero-order valence-electron chi connectivity index (χ0n) is 7.53. The Morgan fingerprint density at radius 1 is 1.46 bits per heavy atom. The third-order valence-corrected chi connectivity index (χ3v) is 1.57. The molecular formula is C10H13FO2. The number of ether oxygens (including phenoxy) is 1. The summed E-state index contributed by atoms with van der Waals surface area (Å²) in [5.74, 6) is -0.270. The molecule has 0 aliphatic heterocycles. The summed E-state index contributed by atoms with van der Waals surface area (Å²) in [7, 11) is 0. The maximum absolute atomic E-state index is 13.0. The fourth-order valence-corrected chi connectivity index (χ4v) is 0.955. The first-order chi connectivity index (χ1) is 6.20. The van der Waals surface area contributed by atoms with Crippen molar-refractivity contribution in [1.29, 1.82) is 0 Å². The summed E-state index contributed by atoms with van der Waals surface area (Å²) in [6, 6.07) is 6.44. The van der Waals surface area contributed by atoms with Crippen molar-refractivity contribution < 1.29 is 14.2 Å². The third-order valence-electron chi connectivity index (χ3n) is 1.57. The second-order valence-electron chi connectivity index (χ2n) is 2.96. The van der Waals surface area contributed by atoms with Gasteiger partial charge in [-0.15, -0.1) is 0 Å². The second kappa shape index (κ2) is 4.94. The summed E-state index contributed by atoms with van der Waals surface area (Å²) in [5.41, 5.74) is 0.517. The van der Waals surface area contributed by atoms with Gasteiger partial charge in [0.25, 0.3) is 0 Å². The Balaban J connectivity index is 2.41. The van der Waals surface area contributed by atoms with E-state index in [0.29, 0.717) is 5.56 Å². The topological polar surface area (TPSA) is 29.5 Å². The highest BCUT2D eigenvalue weighted by molar-refractivity contribution is 5.16. The number of aliphatic hydroxyl groups excluding tert-OH is 1. The lowest BCUT2D eigenvalue weighted by Gasteiger charge is -2.06. The Morgan fingerprint density at radius 2 is 2.15 bits per heavy atom. The highest BCUT2D eigenvalue weighted by atomic mass is 19.1. The predicted octanol–water partition coefficient (Wildman–Crippen LogP) is 1.72. The van der Waals surface area contributed by atoms with E-state index in [1.807, 2.05) is 0 Å². The molecule has 1 rings (SSSR count). The maximum Gasteiger partial charge on any atom is 0.128 e. The molecule has 0 amide bonds. The first kappa shape index (κ1) is 10.2. The second-order valence-corrected chi connectivity index (χ2v) is 2.96. The van der Waals surface area contributed by atoms with E-state index in [9.17, 15) is 4.39 Å². The van der Waals surface area contributed by atoms with E-state index in [1.165, 1.54) is 6.07 Å². The standard InChI is InChI=1S/C10H13FO2/c1-8(12)6-13-7-9-4-2-3-5-10(9)11/h2-5,8,12H,6-7H2,1H3/t8-/m0/s1. The first-order valence-corrected chi connectivity index (χ1v) is 4.19. The van der Waals surface area contributed by atoms with Gasteiger partial charge in [0.15, 0.2) is 0 Å². The van der Waals surface area contributed by atoms with Crippen molar-refractivity contribution in [2.24, 2.45) is 0 Å².